The van der Waals surface area contributed by atoms with E-state index in [9.17, 15) is 4.79 Å². The summed E-state index contributed by atoms with van der Waals surface area (Å²) in [4.78, 5) is 11.8. The van der Waals surface area contributed by atoms with Crippen LogP contribution < -0.4 is 10.6 Å². The molecule has 0 aromatic heterocycles. The Hall–Kier alpha value is -2.00. The van der Waals surface area contributed by atoms with Crippen LogP contribution in [0.25, 0.3) is 0 Å². The van der Waals surface area contributed by atoms with Crippen LogP contribution in [0.4, 0.5) is 0 Å². The SMILES string of the molecule is Cl.O=C(NCc1ccccc1)C1=CC=CC=CN1. The van der Waals surface area contributed by atoms with E-state index in [1.807, 2.05) is 48.6 Å². The first-order chi connectivity index (χ1) is 8.36. The van der Waals surface area contributed by atoms with Crippen molar-refractivity contribution in [1.82, 2.24) is 10.6 Å². The molecule has 0 unspecified atom stereocenters. The van der Waals surface area contributed by atoms with E-state index in [4.69, 9.17) is 0 Å². The number of benzene rings is 1. The van der Waals surface area contributed by atoms with Crippen molar-refractivity contribution in [2.75, 3.05) is 0 Å². The second-order valence-electron chi connectivity index (χ2n) is 3.64. The fraction of sp³-hybridized carbons (Fsp3) is 0.0714. The molecule has 2 rings (SSSR count). The molecule has 1 aromatic rings. The lowest BCUT2D eigenvalue weighted by atomic mass is 10.2. The number of hydrogen-bond acceptors (Lipinski definition) is 2. The summed E-state index contributed by atoms with van der Waals surface area (Å²) in [6.45, 7) is 0.534. The second kappa shape index (κ2) is 7.35. The van der Waals surface area contributed by atoms with Crippen LogP contribution in [-0.2, 0) is 11.3 Å². The van der Waals surface area contributed by atoms with Crippen LogP contribution >= 0.6 is 12.4 Å². The van der Waals surface area contributed by atoms with Gasteiger partial charge in [0.25, 0.3) is 5.91 Å². The molecule has 18 heavy (non-hydrogen) atoms. The average molecular weight is 263 g/mol. The summed E-state index contributed by atoms with van der Waals surface area (Å²) in [6, 6.07) is 9.83. The quantitative estimate of drug-likeness (QED) is 0.878. The van der Waals surface area contributed by atoms with E-state index in [0.29, 0.717) is 12.2 Å². The van der Waals surface area contributed by atoms with Crippen molar-refractivity contribution in [2.45, 2.75) is 6.54 Å². The fourth-order valence-corrected chi connectivity index (χ4v) is 1.47. The Morgan fingerprint density at radius 1 is 1.11 bits per heavy atom. The van der Waals surface area contributed by atoms with Crippen molar-refractivity contribution < 1.29 is 4.79 Å². The van der Waals surface area contributed by atoms with Gasteiger partial charge in [-0.1, -0.05) is 42.5 Å². The third kappa shape index (κ3) is 4.11. The predicted octanol–water partition coefficient (Wildman–Crippen LogP) is 2.28. The highest BCUT2D eigenvalue weighted by atomic mass is 35.5. The number of carbonyl (C=O) groups excluding carboxylic acids is 1. The maximum absolute atomic E-state index is 11.8. The van der Waals surface area contributed by atoms with Gasteiger partial charge in [-0.15, -0.1) is 12.4 Å². The van der Waals surface area contributed by atoms with Crippen molar-refractivity contribution in [1.29, 1.82) is 0 Å². The lowest BCUT2D eigenvalue weighted by Crippen LogP contribution is -2.29. The number of rotatable bonds is 3. The van der Waals surface area contributed by atoms with Gasteiger partial charge in [-0.3, -0.25) is 4.79 Å². The molecular weight excluding hydrogens is 248 g/mol. The molecule has 1 heterocycles. The first kappa shape index (κ1) is 14.1. The Labute approximate surface area is 113 Å². The van der Waals surface area contributed by atoms with Gasteiger partial charge < -0.3 is 10.6 Å². The lowest BCUT2D eigenvalue weighted by Gasteiger charge is -2.07. The van der Waals surface area contributed by atoms with E-state index in [1.54, 1.807) is 12.3 Å². The van der Waals surface area contributed by atoms with Gasteiger partial charge >= 0.3 is 0 Å². The molecule has 1 amide bonds. The molecular formula is C14H15ClN2O. The van der Waals surface area contributed by atoms with Gasteiger partial charge in [-0.25, -0.2) is 0 Å². The van der Waals surface area contributed by atoms with Gasteiger partial charge in [0.2, 0.25) is 0 Å². The highest BCUT2D eigenvalue weighted by Gasteiger charge is 2.06. The summed E-state index contributed by atoms with van der Waals surface area (Å²) in [6.07, 6.45) is 9.02. The molecule has 1 aliphatic heterocycles. The molecule has 0 atom stereocenters. The van der Waals surface area contributed by atoms with E-state index >= 15 is 0 Å². The molecule has 0 radical (unpaired) electrons. The van der Waals surface area contributed by atoms with Gasteiger partial charge in [0.1, 0.15) is 5.70 Å². The third-order valence-corrected chi connectivity index (χ3v) is 2.36. The second-order valence-corrected chi connectivity index (χ2v) is 3.64. The number of halogens is 1. The van der Waals surface area contributed by atoms with E-state index in [1.165, 1.54) is 0 Å². The number of nitrogens with one attached hydrogen (secondary N) is 2. The number of amides is 1. The van der Waals surface area contributed by atoms with Crippen LogP contribution in [0.3, 0.4) is 0 Å². The summed E-state index contributed by atoms with van der Waals surface area (Å²) >= 11 is 0. The molecule has 3 nitrogen and oxygen atoms in total. The minimum absolute atomic E-state index is 0. The fourth-order valence-electron chi connectivity index (χ4n) is 1.47. The van der Waals surface area contributed by atoms with Gasteiger partial charge in [-0.2, -0.15) is 0 Å². The number of allylic oxidation sites excluding steroid dienone is 4. The van der Waals surface area contributed by atoms with Crippen molar-refractivity contribution in [3.8, 4) is 0 Å². The van der Waals surface area contributed by atoms with Crippen molar-refractivity contribution in [3.63, 3.8) is 0 Å². The summed E-state index contributed by atoms with van der Waals surface area (Å²) in [5.41, 5.74) is 1.63. The van der Waals surface area contributed by atoms with Gasteiger partial charge in [0.05, 0.1) is 0 Å². The highest BCUT2D eigenvalue weighted by Crippen LogP contribution is 2.00. The van der Waals surface area contributed by atoms with E-state index in [2.05, 4.69) is 10.6 Å². The lowest BCUT2D eigenvalue weighted by molar-refractivity contribution is -0.117. The van der Waals surface area contributed by atoms with Crippen LogP contribution in [0.2, 0.25) is 0 Å². The normalized spacial score (nSPS) is 12.8. The van der Waals surface area contributed by atoms with E-state index in [0.717, 1.165) is 5.56 Å². The molecule has 0 spiro atoms. The van der Waals surface area contributed by atoms with Crippen LogP contribution in [0.1, 0.15) is 5.56 Å². The van der Waals surface area contributed by atoms with Gasteiger partial charge in [-0.05, 0) is 17.7 Å². The van der Waals surface area contributed by atoms with Crippen molar-refractivity contribution in [3.05, 3.63) is 72.1 Å². The molecule has 2 N–H and O–H groups in total. The Kier molecular flexibility index (Phi) is 5.74. The minimum Gasteiger partial charge on any atom is -0.357 e. The standard InChI is InChI=1S/C14H14N2O.ClH/c17-14(13-9-5-2-6-10-15-13)16-11-12-7-3-1-4-8-12;/h1-10,15H,11H2,(H,16,17);1H. The summed E-state index contributed by atoms with van der Waals surface area (Å²) in [7, 11) is 0. The molecule has 0 saturated carbocycles. The predicted molar refractivity (Wildman–Crippen MR) is 75.0 cm³/mol. The zero-order chi connectivity index (χ0) is 11.9. The van der Waals surface area contributed by atoms with Crippen molar-refractivity contribution in [2.24, 2.45) is 0 Å². The number of hydrogen-bond donors (Lipinski definition) is 2. The average Bonchev–Trinajstić information content (AvgIpc) is 2.66. The Morgan fingerprint density at radius 2 is 1.89 bits per heavy atom. The van der Waals surface area contributed by atoms with E-state index in [-0.39, 0.29) is 18.3 Å². The van der Waals surface area contributed by atoms with Gasteiger partial charge in [0.15, 0.2) is 0 Å². The molecule has 0 fully saturated rings. The zero-order valence-corrected chi connectivity index (χ0v) is 10.6. The number of carbonyl (C=O) groups is 1. The molecule has 0 aliphatic carbocycles. The molecule has 0 bridgehead atoms. The molecule has 1 aromatic carbocycles. The van der Waals surface area contributed by atoms with Crippen LogP contribution in [0.15, 0.2) is 66.5 Å². The summed E-state index contributed by atoms with van der Waals surface area (Å²) in [5.74, 6) is -0.106. The topological polar surface area (TPSA) is 41.1 Å². The Balaban J connectivity index is 0.00000162. The minimum atomic E-state index is -0.106. The first-order valence-electron chi connectivity index (χ1n) is 5.48. The highest BCUT2D eigenvalue weighted by molar-refractivity contribution is 5.93. The maximum Gasteiger partial charge on any atom is 0.267 e. The van der Waals surface area contributed by atoms with Crippen LogP contribution in [0.5, 0.6) is 0 Å². The summed E-state index contributed by atoms with van der Waals surface area (Å²) in [5, 5.41) is 5.78. The van der Waals surface area contributed by atoms with Crippen LogP contribution in [0, 0.1) is 0 Å². The molecule has 0 saturated heterocycles. The Bertz CT molecular complexity index is 478. The van der Waals surface area contributed by atoms with Crippen molar-refractivity contribution >= 4 is 18.3 Å². The monoisotopic (exact) mass is 262 g/mol. The molecule has 4 heteroatoms. The summed E-state index contributed by atoms with van der Waals surface area (Å²) < 4.78 is 0. The smallest absolute Gasteiger partial charge is 0.267 e. The third-order valence-electron chi connectivity index (χ3n) is 2.36. The Morgan fingerprint density at radius 3 is 2.67 bits per heavy atom. The molecule has 1 aliphatic rings. The molecule has 94 valence electrons. The maximum atomic E-state index is 11.8. The first-order valence-corrected chi connectivity index (χ1v) is 5.48. The largest absolute Gasteiger partial charge is 0.357 e. The zero-order valence-electron chi connectivity index (χ0n) is 9.80. The van der Waals surface area contributed by atoms with Crippen LogP contribution in [-0.4, -0.2) is 5.91 Å². The van der Waals surface area contributed by atoms with E-state index < -0.39 is 0 Å². The van der Waals surface area contributed by atoms with Gasteiger partial charge in [0, 0.05) is 12.7 Å².